The fraction of sp³-hybridized carbons (Fsp3) is 1.00. The lowest BCUT2D eigenvalue weighted by atomic mass is 9.96. The molecule has 3 rings (SSSR count). The molecule has 9 heavy (non-hydrogen) atoms. The average molecular weight is 123 g/mol. The molecule has 0 unspecified atom stereocenters. The predicted molar refractivity (Wildman–Crippen MR) is 35.8 cm³/mol. The molecule has 1 heteroatoms. The molecular weight excluding hydrogens is 110 g/mol. The third-order valence-corrected chi connectivity index (χ3v) is 3.75. The van der Waals surface area contributed by atoms with E-state index in [1.165, 1.54) is 19.3 Å². The monoisotopic (exact) mass is 123 g/mol. The molecular formula is C8H13N. The van der Waals surface area contributed by atoms with E-state index in [9.17, 15) is 0 Å². The maximum atomic E-state index is 5.94. The van der Waals surface area contributed by atoms with Crippen molar-refractivity contribution in [3.8, 4) is 0 Å². The lowest BCUT2D eigenvalue weighted by Gasteiger charge is -2.15. The van der Waals surface area contributed by atoms with E-state index in [2.05, 4.69) is 0 Å². The molecule has 50 valence electrons. The highest BCUT2D eigenvalue weighted by atomic mass is 14.8. The van der Waals surface area contributed by atoms with E-state index in [-0.39, 0.29) is 0 Å². The lowest BCUT2D eigenvalue weighted by Crippen LogP contribution is -2.27. The minimum atomic E-state index is 0.596. The molecule has 5 atom stereocenters. The average Bonchev–Trinajstić information content (AvgIpc) is 2.46. The summed E-state index contributed by atoms with van der Waals surface area (Å²) in [5.41, 5.74) is 5.94. The third kappa shape index (κ3) is 0.420. The van der Waals surface area contributed by atoms with Crippen LogP contribution in [0.4, 0.5) is 0 Å². The van der Waals surface area contributed by atoms with Gasteiger partial charge in [-0.25, -0.2) is 0 Å². The van der Waals surface area contributed by atoms with Gasteiger partial charge in [0.1, 0.15) is 0 Å². The van der Waals surface area contributed by atoms with Crippen LogP contribution in [0.25, 0.3) is 0 Å². The maximum absolute atomic E-state index is 5.94. The van der Waals surface area contributed by atoms with E-state index >= 15 is 0 Å². The van der Waals surface area contributed by atoms with Gasteiger partial charge >= 0.3 is 0 Å². The summed E-state index contributed by atoms with van der Waals surface area (Å²) in [7, 11) is 0. The molecule has 0 aliphatic heterocycles. The fourth-order valence-corrected chi connectivity index (χ4v) is 3.26. The number of fused-ring (bicyclic) bond motifs is 5. The Morgan fingerprint density at radius 3 is 2.33 bits per heavy atom. The topological polar surface area (TPSA) is 26.0 Å². The smallest absolute Gasteiger partial charge is 0.00727 e. The molecule has 0 aromatic rings. The molecule has 0 saturated heterocycles. The molecule has 0 aromatic carbocycles. The number of hydrogen-bond acceptors (Lipinski definition) is 1. The summed E-state index contributed by atoms with van der Waals surface area (Å²) in [6, 6.07) is 0.596. The molecule has 0 aromatic heterocycles. The predicted octanol–water partition coefficient (Wildman–Crippen LogP) is 0.990. The zero-order valence-electron chi connectivity index (χ0n) is 5.59. The minimum Gasteiger partial charge on any atom is -0.327 e. The summed E-state index contributed by atoms with van der Waals surface area (Å²) >= 11 is 0. The minimum absolute atomic E-state index is 0.596. The molecule has 3 fully saturated rings. The van der Waals surface area contributed by atoms with E-state index in [1.807, 2.05) is 0 Å². The van der Waals surface area contributed by atoms with Crippen LogP contribution in [0.3, 0.4) is 0 Å². The first-order valence-corrected chi connectivity index (χ1v) is 4.12. The van der Waals surface area contributed by atoms with E-state index in [4.69, 9.17) is 5.73 Å². The summed E-state index contributed by atoms with van der Waals surface area (Å²) < 4.78 is 0. The molecule has 3 aliphatic rings. The molecule has 3 aliphatic carbocycles. The molecule has 0 amide bonds. The van der Waals surface area contributed by atoms with Crippen LogP contribution in [0.1, 0.15) is 19.3 Å². The van der Waals surface area contributed by atoms with Gasteiger partial charge in [-0.15, -0.1) is 0 Å². The highest BCUT2D eigenvalue weighted by Gasteiger charge is 2.59. The van der Waals surface area contributed by atoms with Crippen molar-refractivity contribution in [3.05, 3.63) is 0 Å². The normalized spacial score (nSPS) is 68.3. The first kappa shape index (κ1) is 4.73. The molecule has 0 spiro atoms. The standard InChI is InChI=1S/C8H13N/c9-8-2-4-1-7(8)6-3-5(4)6/h4-8H,1-3,9H2/t4-,5+,6+,7+,8-/m1/s1. The number of nitrogens with two attached hydrogens (primary N) is 1. The van der Waals surface area contributed by atoms with Gasteiger partial charge in [-0.1, -0.05) is 0 Å². The molecule has 0 heterocycles. The Bertz CT molecular complexity index is 151. The summed E-state index contributed by atoms with van der Waals surface area (Å²) in [5, 5.41) is 0. The Morgan fingerprint density at radius 2 is 1.78 bits per heavy atom. The third-order valence-electron chi connectivity index (χ3n) is 3.75. The van der Waals surface area contributed by atoms with Gasteiger partial charge in [0.05, 0.1) is 0 Å². The quantitative estimate of drug-likeness (QED) is 0.510. The van der Waals surface area contributed by atoms with Crippen molar-refractivity contribution in [2.45, 2.75) is 25.3 Å². The van der Waals surface area contributed by atoms with Crippen molar-refractivity contribution in [1.29, 1.82) is 0 Å². The second kappa shape index (κ2) is 1.20. The van der Waals surface area contributed by atoms with Crippen LogP contribution in [0.2, 0.25) is 0 Å². The van der Waals surface area contributed by atoms with Gasteiger partial charge in [0.25, 0.3) is 0 Å². The first-order chi connectivity index (χ1) is 4.36. The van der Waals surface area contributed by atoms with Gasteiger partial charge in [0, 0.05) is 6.04 Å². The molecule has 2 bridgehead atoms. The van der Waals surface area contributed by atoms with Crippen molar-refractivity contribution in [1.82, 2.24) is 0 Å². The van der Waals surface area contributed by atoms with Crippen LogP contribution in [-0.2, 0) is 0 Å². The Kier molecular flexibility index (Phi) is 0.628. The Hall–Kier alpha value is -0.0400. The zero-order valence-corrected chi connectivity index (χ0v) is 5.59. The first-order valence-electron chi connectivity index (χ1n) is 4.12. The van der Waals surface area contributed by atoms with Crippen molar-refractivity contribution in [2.24, 2.45) is 29.4 Å². The van der Waals surface area contributed by atoms with Crippen LogP contribution >= 0.6 is 0 Å². The van der Waals surface area contributed by atoms with Gasteiger partial charge in [-0.2, -0.15) is 0 Å². The number of rotatable bonds is 0. The van der Waals surface area contributed by atoms with E-state index < -0.39 is 0 Å². The van der Waals surface area contributed by atoms with Gasteiger partial charge in [-0.05, 0) is 42.9 Å². The maximum Gasteiger partial charge on any atom is 0.00727 e. The van der Waals surface area contributed by atoms with E-state index in [0.717, 1.165) is 23.7 Å². The molecule has 1 nitrogen and oxygen atoms in total. The van der Waals surface area contributed by atoms with Gasteiger partial charge in [0.2, 0.25) is 0 Å². The zero-order chi connectivity index (χ0) is 6.01. The summed E-state index contributed by atoms with van der Waals surface area (Å²) in [6.07, 6.45) is 4.37. The second-order valence-electron chi connectivity index (χ2n) is 4.12. The van der Waals surface area contributed by atoms with E-state index in [1.54, 1.807) is 0 Å². The Balaban J connectivity index is 1.96. The van der Waals surface area contributed by atoms with Gasteiger partial charge < -0.3 is 5.73 Å². The summed E-state index contributed by atoms with van der Waals surface area (Å²) in [6.45, 7) is 0. The molecule has 3 saturated carbocycles. The van der Waals surface area contributed by atoms with Crippen molar-refractivity contribution >= 4 is 0 Å². The van der Waals surface area contributed by atoms with Gasteiger partial charge in [-0.3, -0.25) is 0 Å². The van der Waals surface area contributed by atoms with Crippen molar-refractivity contribution in [3.63, 3.8) is 0 Å². The fourth-order valence-electron chi connectivity index (χ4n) is 3.26. The van der Waals surface area contributed by atoms with Crippen molar-refractivity contribution in [2.75, 3.05) is 0 Å². The largest absolute Gasteiger partial charge is 0.327 e. The Morgan fingerprint density at radius 1 is 0.889 bits per heavy atom. The second-order valence-corrected chi connectivity index (χ2v) is 4.12. The van der Waals surface area contributed by atoms with Crippen LogP contribution < -0.4 is 5.73 Å². The van der Waals surface area contributed by atoms with Gasteiger partial charge in [0.15, 0.2) is 0 Å². The van der Waals surface area contributed by atoms with Crippen LogP contribution in [0.5, 0.6) is 0 Å². The van der Waals surface area contributed by atoms with Crippen LogP contribution in [0, 0.1) is 23.7 Å². The molecule has 2 N–H and O–H groups in total. The van der Waals surface area contributed by atoms with Crippen LogP contribution in [0.15, 0.2) is 0 Å². The van der Waals surface area contributed by atoms with Crippen molar-refractivity contribution < 1.29 is 0 Å². The lowest BCUT2D eigenvalue weighted by molar-refractivity contribution is 0.398. The van der Waals surface area contributed by atoms with Crippen LogP contribution in [-0.4, -0.2) is 6.04 Å². The number of hydrogen-bond donors (Lipinski definition) is 1. The highest BCUT2D eigenvalue weighted by Crippen LogP contribution is 2.65. The SMILES string of the molecule is N[C@@H]1C[C@H]2C[C@H]1[C@H]1C[C@@H]21. The van der Waals surface area contributed by atoms with E-state index in [0.29, 0.717) is 6.04 Å². The highest BCUT2D eigenvalue weighted by molar-refractivity contribution is 5.10. The summed E-state index contributed by atoms with van der Waals surface area (Å²) in [4.78, 5) is 0. The molecule has 0 radical (unpaired) electrons. The summed E-state index contributed by atoms with van der Waals surface area (Å²) in [5.74, 6) is 4.27. The Labute approximate surface area is 55.6 Å².